The Morgan fingerprint density at radius 2 is 2.05 bits per heavy atom. The second kappa shape index (κ2) is 8.53. The summed E-state index contributed by atoms with van der Waals surface area (Å²) in [5, 5.41) is 3.31. The molecule has 122 valence electrons. The standard InChI is InChI=1S/C14H26N2O2S3/c1-6-12(10-19-5)16(4)21(17,18)14-8-7-13(20-14)9-15-11(2)3/h7-8,11-12,15H,6,9-10H2,1-5H3. The molecule has 0 saturated carbocycles. The van der Waals surface area contributed by atoms with Crippen molar-refractivity contribution in [3.63, 3.8) is 0 Å². The van der Waals surface area contributed by atoms with E-state index in [1.54, 1.807) is 24.9 Å². The molecule has 1 aromatic rings. The molecule has 1 heterocycles. The number of hydrogen-bond acceptors (Lipinski definition) is 5. The van der Waals surface area contributed by atoms with Gasteiger partial charge in [-0.3, -0.25) is 0 Å². The Hall–Kier alpha value is -0.0800. The monoisotopic (exact) mass is 350 g/mol. The fourth-order valence-electron chi connectivity index (χ4n) is 1.91. The molecule has 0 aliphatic rings. The molecule has 0 saturated heterocycles. The third kappa shape index (κ3) is 5.25. The molecule has 0 fully saturated rings. The average molecular weight is 351 g/mol. The van der Waals surface area contributed by atoms with Gasteiger partial charge < -0.3 is 5.32 Å². The molecule has 0 spiro atoms. The molecule has 0 aliphatic heterocycles. The molecule has 0 amide bonds. The highest BCUT2D eigenvalue weighted by Crippen LogP contribution is 2.26. The second-order valence-corrected chi connectivity index (χ2v) is 9.60. The number of nitrogens with one attached hydrogen (secondary N) is 1. The van der Waals surface area contributed by atoms with Crippen LogP contribution in [0.4, 0.5) is 0 Å². The van der Waals surface area contributed by atoms with Crippen LogP contribution >= 0.6 is 23.1 Å². The highest BCUT2D eigenvalue weighted by Gasteiger charge is 2.28. The van der Waals surface area contributed by atoms with Crippen molar-refractivity contribution in [2.75, 3.05) is 19.1 Å². The van der Waals surface area contributed by atoms with Gasteiger partial charge in [-0.15, -0.1) is 11.3 Å². The van der Waals surface area contributed by atoms with Crippen LogP contribution in [0, 0.1) is 0 Å². The van der Waals surface area contributed by atoms with Gasteiger partial charge in [0.1, 0.15) is 4.21 Å². The Morgan fingerprint density at radius 3 is 2.57 bits per heavy atom. The van der Waals surface area contributed by atoms with Crippen LogP contribution in [0.5, 0.6) is 0 Å². The van der Waals surface area contributed by atoms with E-state index in [4.69, 9.17) is 0 Å². The lowest BCUT2D eigenvalue weighted by molar-refractivity contribution is 0.386. The van der Waals surface area contributed by atoms with Gasteiger partial charge in [0.15, 0.2) is 0 Å². The van der Waals surface area contributed by atoms with Crippen molar-refractivity contribution in [3.8, 4) is 0 Å². The Balaban J connectivity index is 2.87. The largest absolute Gasteiger partial charge is 0.310 e. The molecule has 21 heavy (non-hydrogen) atoms. The zero-order chi connectivity index (χ0) is 16.0. The Kier molecular flexibility index (Phi) is 7.70. The number of sulfonamides is 1. The molecule has 1 rings (SSSR count). The first-order valence-corrected chi connectivity index (χ1v) is 10.8. The summed E-state index contributed by atoms with van der Waals surface area (Å²) in [6.07, 6.45) is 2.83. The van der Waals surface area contributed by atoms with Gasteiger partial charge in [0.25, 0.3) is 10.0 Å². The first-order chi connectivity index (χ1) is 9.82. The van der Waals surface area contributed by atoms with Gasteiger partial charge in [-0.05, 0) is 24.8 Å². The van der Waals surface area contributed by atoms with E-state index in [9.17, 15) is 8.42 Å². The van der Waals surface area contributed by atoms with Crippen molar-refractivity contribution >= 4 is 33.1 Å². The molecule has 1 unspecified atom stereocenters. The molecule has 0 radical (unpaired) electrons. The van der Waals surface area contributed by atoms with Crippen molar-refractivity contribution < 1.29 is 8.42 Å². The zero-order valence-electron chi connectivity index (χ0n) is 13.4. The summed E-state index contributed by atoms with van der Waals surface area (Å²) in [7, 11) is -1.69. The maximum absolute atomic E-state index is 12.7. The number of rotatable bonds is 9. The van der Waals surface area contributed by atoms with E-state index in [-0.39, 0.29) is 6.04 Å². The van der Waals surface area contributed by atoms with Crippen molar-refractivity contribution in [2.24, 2.45) is 0 Å². The third-order valence-corrected chi connectivity index (χ3v) is 7.48. The van der Waals surface area contributed by atoms with E-state index in [0.29, 0.717) is 16.8 Å². The highest BCUT2D eigenvalue weighted by molar-refractivity contribution is 7.98. The summed E-state index contributed by atoms with van der Waals surface area (Å²) >= 11 is 3.03. The van der Waals surface area contributed by atoms with E-state index >= 15 is 0 Å². The van der Waals surface area contributed by atoms with Gasteiger partial charge >= 0.3 is 0 Å². The summed E-state index contributed by atoms with van der Waals surface area (Å²) in [5.41, 5.74) is 0. The minimum absolute atomic E-state index is 0.0457. The molecule has 0 bridgehead atoms. The lowest BCUT2D eigenvalue weighted by atomic mass is 10.3. The fourth-order valence-corrected chi connectivity index (χ4v) is 5.77. The second-order valence-electron chi connectivity index (χ2n) is 5.30. The predicted octanol–water partition coefficient (Wildman–Crippen LogP) is 3.01. The minimum atomic E-state index is -3.38. The molecular weight excluding hydrogens is 324 g/mol. The smallest absolute Gasteiger partial charge is 0.252 e. The van der Waals surface area contributed by atoms with Crippen LogP contribution in [0.2, 0.25) is 0 Å². The van der Waals surface area contributed by atoms with Crippen molar-refractivity contribution in [2.45, 2.75) is 50.0 Å². The summed E-state index contributed by atoms with van der Waals surface area (Å²) in [5.74, 6) is 0.819. The maximum Gasteiger partial charge on any atom is 0.252 e. The van der Waals surface area contributed by atoms with E-state index in [1.165, 1.54) is 15.6 Å². The van der Waals surface area contributed by atoms with Crippen molar-refractivity contribution in [1.82, 2.24) is 9.62 Å². The number of hydrogen-bond donors (Lipinski definition) is 1. The van der Waals surface area contributed by atoms with Gasteiger partial charge in [-0.25, -0.2) is 8.42 Å². The topological polar surface area (TPSA) is 49.4 Å². The highest BCUT2D eigenvalue weighted by atomic mass is 32.2. The summed E-state index contributed by atoms with van der Waals surface area (Å²) < 4.78 is 27.3. The van der Waals surface area contributed by atoms with Gasteiger partial charge in [-0.1, -0.05) is 20.8 Å². The van der Waals surface area contributed by atoms with Crippen LogP contribution in [0.25, 0.3) is 0 Å². The van der Waals surface area contributed by atoms with E-state index in [1.807, 2.05) is 19.2 Å². The van der Waals surface area contributed by atoms with Crippen LogP contribution in [0.3, 0.4) is 0 Å². The van der Waals surface area contributed by atoms with E-state index in [0.717, 1.165) is 17.1 Å². The van der Waals surface area contributed by atoms with Crippen molar-refractivity contribution in [3.05, 3.63) is 17.0 Å². The van der Waals surface area contributed by atoms with Gasteiger partial charge in [0.2, 0.25) is 0 Å². The molecule has 7 heteroatoms. The molecule has 0 aromatic carbocycles. The van der Waals surface area contributed by atoms with Gasteiger partial charge in [0, 0.05) is 36.3 Å². The predicted molar refractivity (Wildman–Crippen MR) is 93.7 cm³/mol. The number of nitrogens with zero attached hydrogens (tertiary/aromatic N) is 1. The fraction of sp³-hybridized carbons (Fsp3) is 0.714. The Bertz CT molecular complexity index is 526. The van der Waals surface area contributed by atoms with Gasteiger partial charge in [0.05, 0.1) is 0 Å². The molecule has 4 nitrogen and oxygen atoms in total. The van der Waals surface area contributed by atoms with Crippen LogP contribution in [0.1, 0.15) is 32.1 Å². The Morgan fingerprint density at radius 1 is 1.38 bits per heavy atom. The lowest BCUT2D eigenvalue weighted by Gasteiger charge is -2.25. The molecule has 1 aromatic heterocycles. The molecular formula is C14H26N2O2S3. The quantitative estimate of drug-likeness (QED) is 0.744. The summed E-state index contributed by atoms with van der Waals surface area (Å²) in [6, 6.07) is 4.06. The summed E-state index contributed by atoms with van der Waals surface area (Å²) in [4.78, 5) is 1.05. The minimum Gasteiger partial charge on any atom is -0.310 e. The number of thiophene rings is 1. The van der Waals surface area contributed by atoms with E-state index in [2.05, 4.69) is 19.2 Å². The molecule has 1 atom stereocenters. The Labute approximate surface area is 137 Å². The van der Waals surface area contributed by atoms with Gasteiger partial charge in [-0.2, -0.15) is 16.1 Å². The first-order valence-electron chi connectivity index (χ1n) is 7.12. The molecule has 1 N–H and O–H groups in total. The van der Waals surface area contributed by atoms with Crippen LogP contribution < -0.4 is 5.32 Å². The third-order valence-electron chi connectivity index (χ3n) is 3.30. The van der Waals surface area contributed by atoms with Crippen LogP contribution in [0.15, 0.2) is 16.3 Å². The van der Waals surface area contributed by atoms with Crippen LogP contribution in [-0.2, 0) is 16.6 Å². The average Bonchev–Trinajstić information content (AvgIpc) is 2.91. The van der Waals surface area contributed by atoms with Crippen LogP contribution in [-0.4, -0.2) is 43.9 Å². The maximum atomic E-state index is 12.7. The first kappa shape index (κ1) is 19.0. The zero-order valence-corrected chi connectivity index (χ0v) is 15.9. The van der Waals surface area contributed by atoms with Crippen molar-refractivity contribution in [1.29, 1.82) is 0 Å². The molecule has 0 aliphatic carbocycles. The SMILES string of the molecule is CCC(CSC)N(C)S(=O)(=O)c1ccc(CNC(C)C)s1. The normalized spacial score (nSPS) is 14.0. The lowest BCUT2D eigenvalue weighted by Crippen LogP contribution is -2.37. The van der Waals surface area contributed by atoms with E-state index < -0.39 is 10.0 Å². The summed E-state index contributed by atoms with van der Waals surface area (Å²) in [6.45, 7) is 6.89. The number of thioether (sulfide) groups is 1.